The molecule has 23 heavy (non-hydrogen) atoms. The summed E-state index contributed by atoms with van der Waals surface area (Å²) in [5.41, 5.74) is 1.05. The first kappa shape index (κ1) is 17.6. The van der Waals surface area contributed by atoms with Gasteiger partial charge in [-0.25, -0.2) is 0 Å². The van der Waals surface area contributed by atoms with E-state index < -0.39 is 6.10 Å². The molecule has 0 spiro atoms. The second-order valence-corrected chi connectivity index (χ2v) is 6.04. The third kappa shape index (κ3) is 6.48. The van der Waals surface area contributed by atoms with E-state index in [1.165, 1.54) is 0 Å². The number of ether oxygens (including phenoxy) is 1. The monoisotopic (exact) mass is 335 g/mol. The smallest absolute Gasteiger partial charge is 0.119 e. The van der Waals surface area contributed by atoms with Crippen LogP contribution in [-0.2, 0) is 6.42 Å². The Hall–Kier alpha value is -1.75. The highest BCUT2D eigenvalue weighted by Crippen LogP contribution is 2.15. The number of phenolic OH excluding ortho intramolecular Hbond substituents is 1. The Balaban J connectivity index is 1.69. The van der Waals surface area contributed by atoms with Gasteiger partial charge < -0.3 is 20.3 Å². The average Bonchev–Trinajstić information content (AvgIpc) is 2.52. The maximum Gasteiger partial charge on any atom is 0.119 e. The number of benzene rings is 2. The Morgan fingerprint density at radius 3 is 2.61 bits per heavy atom. The minimum absolute atomic E-state index is 0.182. The molecular formula is C18H22ClNO3. The molecule has 0 heterocycles. The zero-order valence-electron chi connectivity index (χ0n) is 13.1. The van der Waals surface area contributed by atoms with Crippen molar-refractivity contribution in [3.63, 3.8) is 0 Å². The lowest BCUT2D eigenvalue weighted by Gasteiger charge is -2.18. The average molecular weight is 336 g/mol. The molecule has 2 rings (SSSR count). The summed E-state index contributed by atoms with van der Waals surface area (Å²) in [5, 5.41) is 23.3. The summed E-state index contributed by atoms with van der Waals surface area (Å²) in [6.07, 6.45) is 0.177. The largest absolute Gasteiger partial charge is 0.508 e. The molecule has 2 aromatic rings. The van der Waals surface area contributed by atoms with Gasteiger partial charge in [0.1, 0.15) is 24.2 Å². The number of phenols is 1. The molecule has 2 unspecified atom stereocenters. The molecule has 0 fully saturated rings. The van der Waals surface area contributed by atoms with Gasteiger partial charge in [-0.3, -0.25) is 0 Å². The van der Waals surface area contributed by atoms with Gasteiger partial charge in [0.2, 0.25) is 0 Å². The van der Waals surface area contributed by atoms with Crippen molar-refractivity contribution in [3.05, 3.63) is 59.1 Å². The van der Waals surface area contributed by atoms with Gasteiger partial charge in [0, 0.05) is 17.6 Å². The zero-order chi connectivity index (χ0) is 16.7. The van der Waals surface area contributed by atoms with Gasteiger partial charge in [-0.1, -0.05) is 23.7 Å². The highest BCUT2D eigenvalue weighted by Gasteiger charge is 2.09. The lowest BCUT2D eigenvalue weighted by Crippen LogP contribution is -2.37. The maximum atomic E-state index is 9.97. The van der Waals surface area contributed by atoms with E-state index in [2.05, 4.69) is 5.32 Å². The fraction of sp³-hybridized carbons (Fsp3) is 0.333. The summed E-state index contributed by atoms with van der Waals surface area (Å²) in [5.74, 6) is 0.951. The molecule has 124 valence electrons. The van der Waals surface area contributed by atoms with Crippen LogP contribution in [0, 0.1) is 0 Å². The van der Waals surface area contributed by atoms with Crippen LogP contribution in [0.5, 0.6) is 11.5 Å². The van der Waals surface area contributed by atoms with Gasteiger partial charge in [-0.2, -0.15) is 0 Å². The molecule has 0 saturated heterocycles. The van der Waals surface area contributed by atoms with E-state index in [-0.39, 0.29) is 18.4 Å². The van der Waals surface area contributed by atoms with E-state index in [9.17, 15) is 10.2 Å². The van der Waals surface area contributed by atoms with Crippen LogP contribution in [-0.4, -0.2) is 35.5 Å². The first-order valence-corrected chi connectivity index (χ1v) is 7.98. The zero-order valence-corrected chi connectivity index (χ0v) is 13.8. The van der Waals surface area contributed by atoms with Crippen LogP contribution in [0.2, 0.25) is 5.02 Å². The first-order valence-electron chi connectivity index (χ1n) is 7.60. The second kappa shape index (κ2) is 8.77. The van der Waals surface area contributed by atoms with Gasteiger partial charge in [0.15, 0.2) is 0 Å². The Bertz CT molecular complexity index is 603. The molecule has 5 heteroatoms. The van der Waals surface area contributed by atoms with E-state index >= 15 is 0 Å². The molecule has 3 N–H and O–H groups in total. The SMILES string of the molecule is CC(Cc1cccc(O)c1)NCC(O)COc1ccc(Cl)cc1. The number of aromatic hydroxyl groups is 1. The summed E-state index contributed by atoms with van der Waals surface area (Å²) in [4.78, 5) is 0. The lowest BCUT2D eigenvalue weighted by atomic mass is 10.1. The number of rotatable bonds is 8. The van der Waals surface area contributed by atoms with Crippen LogP contribution < -0.4 is 10.1 Å². The lowest BCUT2D eigenvalue weighted by molar-refractivity contribution is 0.104. The van der Waals surface area contributed by atoms with Crippen LogP contribution in [0.15, 0.2) is 48.5 Å². The van der Waals surface area contributed by atoms with Crippen LogP contribution in [0.1, 0.15) is 12.5 Å². The fourth-order valence-corrected chi connectivity index (χ4v) is 2.35. The van der Waals surface area contributed by atoms with Gasteiger partial charge in [0.05, 0.1) is 0 Å². The third-order valence-corrected chi connectivity index (χ3v) is 3.66. The summed E-state index contributed by atoms with van der Waals surface area (Å²) >= 11 is 5.80. The Morgan fingerprint density at radius 2 is 1.91 bits per heavy atom. The predicted octanol–water partition coefficient (Wildman–Crippen LogP) is 3.01. The molecule has 0 radical (unpaired) electrons. The summed E-state index contributed by atoms with van der Waals surface area (Å²) < 4.78 is 5.51. The maximum absolute atomic E-state index is 9.97. The van der Waals surface area contributed by atoms with Crippen molar-refractivity contribution in [1.82, 2.24) is 5.32 Å². The minimum Gasteiger partial charge on any atom is -0.508 e. The normalized spacial score (nSPS) is 13.5. The van der Waals surface area contributed by atoms with Crippen LogP contribution in [0.4, 0.5) is 0 Å². The molecule has 0 aliphatic heterocycles. The van der Waals surface area contributed by atoms with Crippen molar-refractivity contribution in [2.75, 3.05) is 13.2 Å². The number of hydrogen-bond donors (Lipinski definition) is 3. The number of aliphatic hydroxyl groups is 1. The molecular weight excluding hydrogens is 314 g/mol. The van der Waals surface area contributed by atoms with Crippen molar-refractivity contribution < 1.29 is 14.9 Å². The van der Waals surface area contributed by atoms with Crippen LogP contribution in [0.3, 0.4) is 0 Å². The van der Waals surface area contributed by atoms with Crippen molar-refractivity contribution in [3.8, 4) is 11.5 Å². The molecule has 2 atom stereocenters. The van der Waals surface area contributed by atoms with Gasteiger partial charge in [-0.05, 0) is 55.3 Å². The summed E-state index contributed by atoms with van der Waals surface area (Å²) in [6, 6.07) is 14.4. The van der Waals surface area contributed by atoms with Crippen molar-refractivity contribution >= 4 is 11.6 Å². The molecule has 0 bridgehead atoms. The van der Waals surface area contributed by atoms with Gasteiger partial charge in [-0.15, -0.1) is 0 Å². The highest BCUT2D eigenvalue weighted by molar-refractivity contribution is 6.30. The summed E-state index contributed by atoms with van der Waals surface area (Å²) in [6.45, 7) is 2.69. The van der Waals surface area contributed by atoms with Crippen molar-refractivity contribution in [2.45, 2.75) is 25.5 Å². The Labute approximate surface area is 141 Å². The number of nitrogens with one attached hydrogen (secondary N) is 1. The Kier molecular flexibility index (Phi) is 6.71. The molecule has 0 aromatic heterocycles. The quantitative estimate of drug-likeness (QED) is 0.694. The highest BCUT2D eigenvalue weighted by atomic mass is 35.5. The van der Waals surface area contributed by atoms with E-state index in [0.717, 1.165) is 12.0 Å². The van der Waals surface area contributed by atoms with Crippen molar-refractivity contribution in [1.29, 1.82) is 0 Å². The number of aliphatic hydroxyl groups excluding tert-OH is 1. The van der Waals surface area contributed by atoms with Crippen molar-refractivity contribution in [2.24, 2.45) is 0 Å². The fourth-order valence-electron chi connectivity index (χ4n) is 2.23. The Morgan fingerprint density at radius 1 is 1.17 bits per heavy atom. The second-order valence-electron chi connectivity index (χ2n) is 5.60. The minimum atomic E-state index is -0.600. The molecule has 4 nitrogen and oxygen atoms in total. The molecule has 0 saturated carbocycles. The van der Waals surface area contributed by atoms with E-state index in [0.29, 0.717) is 17.3 Å². The van der Waals surface area contributed by atoms with Crippen LogP contribution >= 0.6 is 11.6 Å². The summed E-state index contributed by atoms with van der Waals surface area (Å²) in [7, 11) is 0. The van der Waals surface area contributed by atoms with E-state index in [1.807, 2.05) is 19.1 Å². The third-order valence-electron chi connectivity index (χ3n) is 3.41. The number of halogens is 1. The first-order chi connectivity index (χ1) is 11.0. The molecule has 0 aliphatic carbocycles. The topological polar surface area (TPSA) is 61.7 Å². The van der Waals surface area contributed by atoms with E-state index in [4.69, 9.17) is 16.3 Å². The van der Waals surface area contributed by atoms with E-state index in [1.54, 1.807) is 36.4 Å². The predicted molar refractivity (Wildman–Crippen MR) is 92.2 cm³/mol. The van der Waals surface area contributed by atoms with Crippen LogP contribution in [0.25, 0.3) is 0 Å². The van der Waals surface area contributed by atoms with Gasteiger partial charge >= 0.3 is 0 Å². The molecule has 0 aliphatic rings. The van der Waals surface area contributed by atoms with Gasteiger partial charge in [0.25, 0.3) is 0 Å². The standard InChI is InChI=1S/C18H22ClNO3/c1-13(9-14-3-2-4-16(21)10-14)20-11-17(22)12-23-18-7-5-15(19)6-8-18/h2-8,10,13,17,20-22H,9,11-12H2,1H3. The molecule has 0 amide bonds. The number of hydrogen-bond acceptors (Lipinski definition) is 4. The molecule has 2 aromatic carbocycles.